The molecule has 0 fully saturated rings. The van der Waals surface area contributed by atoms with E-state index in [4.69, 9.17) is 16.3 Å². The molecular weight excluding hydrogens is 480 g/mol. The van der Waals surface area contributed by atoms with Gasteiger partial charge in [-0.15, -0.1) is 11.3 Å². The van der Waals surface area contributed by atoms with Gasteiger partial charge in [0.1, 0.15) is 10.7 Å². The van der Waals surface area contributed by atoms with E-state index < -0.39 is 17.8 Å². The lowest BCUT2D eigenvalue weighted by Crippen LogP contribution is -2.32. The molecular formula is C23H17ClN4O5S. The third-order valence-corrected chi connectivity index (χ3v) is 5.75. The third-order valence-electron chi connectivity index (χ3n) is 4.71. The van der Waals surface area contributed by atoms with E-state index in [9.17, 15) is 19.2 Å². The van der Waals surface area contributed by atoms with Gasteiger partial charge >= 0.3 is 5.97 Å². The Morgan fingerprint density at radius 2 is 1.85 bits per heavy atom. The molecule has 0 spiro atoms. The number of amides is 3. The maximum Gasteiger partial charge on any atom is 0.338 e. The molecule has 0 radical (unpaired) electrons. The maximum atomic E-state index is 13.0. The molecule has 3 aromatic rings. The van der Waals surface area contributed by atoms with E-state index in [0.717, 1.165) is 4.90 Å². The standard InChI is InChI=1S/C23H17ClN4O5S/c1-2-33-22(32)13-6-8-16(9-7-13)28-20(30)17(24)18(21(28)31)26-15-5-3-4-14(12-15)19(29)27-23-25-10-11-34-23/h3-12,26H,2H2,1H3,(H,25,27,29). The lowest BCUT2D eigenvalue weighted by molar-refractivity contribution is -0.120. The summed E-state index contributed by atoms with van der Waals surface area (Å²) in [5.74, 6) is -2.27. The van der Waals surface area contributed by atoms with Gasteiger partial charge in [0, 0.05) is 22.8 Å². The molecule has 0 unspecified atom stereocenters. The van der Waals surface area contributed by atoms with E-state index >= 15 is 0 Å². The fourth-order valence-electron chi connectivity index (χ4n) is 3.14. The SMILES string of the molecule is CCOC(=O)c1ccc(N2C(=O)C(Cl)=C(Nc3cccc(C(=O)Nc4nccs4)c3)C2=O)cc1. The van der Waals surface area contributed by atoms with Crippen molar-refractivity contribution in [2.24, 2.45) is 0 Å². The van der Waals surface area contributed by atoms with Crippen LogP contribution >= 0.6 is 22.9 Å². The zero-order chi connectivity index (χ0) is 24.2. The Morgan fingerprint density at radius 1 is 1.09 bits per heavy atom. The summed E-state index contributed by atoms with van der Waals surface area (Å²) >= 11 is 7.47. The summed E-state index contributed by atoms with van der Waals surface area (Å²) in [5.41, 5.74) is 1.11. The minimum Gasteiger partial charge on any atom is -0.462 e. The number of nitrogens with zero attached hydrogens (tertiary/aromatic N) is 2. The number of halogens is 1. The highest BCUT2D eigenvalue weighted by Gasteiger charge is 2.39. The van der Waals surface area contributed by atoms with Crippen molar-refractivity contribution in [3.63, 3.8) is 0 Å². The van der Waals surface area contributed by atoms with Gasteiger partial charge < -0.3 is 10.1 Å². The second-order valence-electron chi connectivity index (χ2n) is 6.90. The quantitative estimate of drug-likeness (QED) is 0.375. The second kappa shape index (κ2) is 9.86. The van der Waals surface area contributed by atoms with Gasteiger partial charge in [-0.3, -0.25) is 19.7 Å². The third kappa shape index (κ3) is 4.68. The van der Waals surface area contributed by atoms with E-state index in [1.165, 1.54) is 41.7 Å². The van der Waals surface area contributed by atoms with Gasteiger partial charge in [-0.05, 0) is 49.4 Å². The van der Waals surface area contributed by atoms with Crippen molar-refractivity contribution in [1.82, 2.24) is 4.98 Å². The number of thiazole rings is 1. The molecule has 0 bridgehead atoms. The normalized spacial score (nSPS) is 13.3. The minimum absolute atomic E-state index is 0.126. The summed E-state index contributed by atoms with van der Waals surface area (Å²) in [6, 6.07) is 12.2. The van der Waals surface area contributed by atoms with E-state index in [1.807, 2.05) is 0 Å². The Morgan fingerprint density at radius 3 is 2.53 bits per heavy atom. The predicted molar refractivity (Wildman–Crippen MR) is 128 cm³/mol. The molecule has 4 rings (SSSR count). The number of carbonyl (C=O) groups is 4. The average Bonchev–Trinajstić information content (AvgIpc) is 3.42. The number of imide groups is 1. The molecule has 0 aliphatic carbocycles. The first kappa shape index (κ1) is 23.1. The number of rotatable bonds is 7. The maximum absolute atomic E-state index is 13.0. The molecule has 34 heavy (non-hydrogen) atoms. The summed E-state index contributed by atoms with van der Waals surface area (Å²) in [5, 5.41) is 7.41. The number of aromatic nitrogens is 1. The zero-order valence-electron chi connectivity index (χ0n) is 17.7. The van der Waals surface area contributed by atoms with E-state index in [0.29, 0.717) is 16.4 Å². The van der Waals surface area contributed by atoms with Crippen LogP contribution in [0.5, 0.6) is 0 Å². The topological polar surface area (TPSA) is 118 Å². The zero-order valence-corrected chi connectivity index (χ0v) is 19.3. The second-order valence-corrected chi connectivity index (χ2v) is 8.17. The van der Waals surface area contributed by atoms with Crippen molar-refractivity contribution in [2.45, 2.75) is 6.92 Å². The number of anilines is 3. The van der Waals surface area contributed by atoms with Crippen molar-refractivity contribution in [3.8, 4) is 0 Å². The minimum atomic E-state index is -0.712. The van der Waals surface area contributed by atoms with Crippen LogP contribution in [-0.4, -0.2) is 35.3 Å². The summed E-state index contributed by atoms with van der Waals surface area (Å²) in [6.45, 7) is 1.92. The van der Waals surface area contributed by atoms with Crippen LogP contribution in [0.25, 0.3) is 0 Å². The van der Waals surface area contributed by atoms with Crippen molar-refractivity contribution in [2.75, 3.05) is 22.1 Å². The number of benzene rings is 2. The molecule has 0 saturated heterocycles. The Hall–Kier alpha value is -4.02. The van der Waals surface area contributed by atoms with Gasteiger partial charge in [0.25, 0.3) is 17.7 Å². The highest BCUT2D eigenvalue weighted by molar-refractivity contribution is 7.13. The number of carbonyl (C=O) groups excluding carboxylic acids is 4. The number of nitrogens with one attached hydrogen (secondary N) is 2. The molecule has 1 aliphatic heterocycles. The molecule has 11 heteroatoms. The highest BCUT2D eigenvalue weighted by Crippen LogP contribution is 2.30. The number of esters is 1. The Labute approximate surface area is 203 Å². The first-order chi connectivity index (χ1) is 16.4. The molecule has 0 atom stereocenters. The van der Waals surface area contributed by atoms with Gasteiger partial charge in [-0.2, -0.15) is 0 Å². The van der Waals surface area contributed by atoms with Crippen LogP contribution in [0.3, 0.4) is 0 Å². The monoisotopic (exact) mass is 496 g/mol. The molecule has 1 aromatic heterocycles. The van der Waals surface area contributed by atoms with Gasteiger partial charge in [0.15, 0.2) is 5.13 Å². The predicted octanol–water partition coefficient (Wildman–Crippen LogP) is 4.01. The van der Waals surface area contributed by atoms with E-state index in [-0.39, 0.29) is 34.5 Å². The first-order valence-corrected chi connectivity index (χ1v) is 11.3. The Bertz CT molecular complexity index is 1310. The molecule has 172 valence electrons. The molecule has 9 nitrogen and oxygen atoms in total. The van der Waals surface area contributed by atoms with E-state index in [1.54, 1.807) is 36.7 Å². The average molecular weight is 497 g/mol. The van der Waals surface area contributed by atoms with Gasteiger partial charge in [0.05, 0.1) is 17.9 Å². The van der Waals surface area contributed by atoms with Crippen LogP contribution in [0.2, 0.25) is 0 Å². The molecule has 2 N–H and O–H groups in total. The largest absolute Gasteiger partial charge is 0.462 e. The summed E-state index contributed by atoms with van der Waals surface area (Å²) in [7, 11) is 0. The van der Waals surface area contributed by atoms with Crippen molar-refractivity contribution >= 4 is 63.1 Å². The summed E-state index contributed by atoms with van der Waals surface area (Å²) in [6.07, 6.45) is 1.57. The summed E-state index contributed by atoms with van der Waals surface area (Å²) in [4.78, 5) is 54.9. The van der Waals surface area contributed by atoms with Crippen molar-refractivity contribution < 1.29 is 23.9 Å². The van der Waals surface area contributed by atoms with Crippen LogP contribution in [0, 0.1) is 0 Å². The number of hydrogen-bond acceptors (Lipinski definition) is 8. The summed E-state index contributed by atoms with van der Waals surface area (Å²) < 4.78 is 4.93. The number of ether oxygens (including phenoxy) is 1. The Kier molecular flexibility index (Phi) is 6.71. The van der Waals surface area contributed by atoms with Crippen LogP contribution in [-0.2, 0) is 14.3 Å². The molecule has 2 heterocycles. The van der Waals surface area contributed by atoms with Crippen LogP contribution in [0.15, 0.2) is 70.8 Å². The highest BCUT2D eigenvalue weighted by atomic mass is 35.5. The van der Waals surface area contributed by atoms with Crippen LogP contribution in [0.4, 0.5) is 16.5 Å². The van der Waals surface area contributed by atoms with Crippen molar-refractivity contribution in [1.29, 1.82) is 0 Å². The smallest absolute Gasteiger partial charge is 0.338 e. The number of hydrogen-bond donors (Lipinski definition) is 2. The fraction of sp³-hybridized carbons (Fsp3) is 0.0870. The first-order valence-electron chi connectivity index (χ1n) is 10.0. The molecule has 3 amide bonds. The van der Waals surface area contributed by atoms with Gasteiger partial charge in [-0.25, -0.2) is 14.7 Å². The fourth-order valence-corrected chi connectivity index (χ4v) is 3.88. The molecule has 1 aliphatic rings. The van der Waals surface area contributed by atoms with Crippen LogP contribution in [0.1, 0.15) is 27.6 Å². The van der Waals surface area contributed by atoms with Gasteiger partial charge in [0.2, 0.25) is 0 Å². The Balaban J connectivity index is 1.51. The molecule has 0 saturated carbocycles. The van der Waals surface area contributed by atoms with Crippen LogP contribution < -0.4 is 15.5 Å². The lowest BCUT2D eigenvalue weighted by atomic mass is 10.2. The van der Waals surface area contributed by atoms with Crippen molar-refractivity contribution in [3.05, 3.63) is 82.0 Å². The lowest BCUT2D eigenvalue weighted by Gasteiger charge is -2.15. The van der Waals surface area contributed by atoms with E-state index in [2.05, 4.69) is 15.6 Å². The van der Waals surface area contributed by atoms with Gasteiger partial charge in [-0.1, -0.05) is 17.7 Å². The molecule has 2 aromatic carbocycles.